The van der Waals surface area contributed by atoms with Crippen molar-refractivity contribution in [1.82, 2.24) is 15.5 Å². The molecule has 0 aromatic heterocycles. The first-order valence-corrected chi connectivity index (χ1v) is 8.99. The first-order chi connectivity index (χ1) is 9.92. The Bertz CT molecular complexity index is 358. The largest absolute Gasteiger partial charge is 0.356 e. The van der Waals surface area contributed by atoms with Crippen molar-refractivity contribution < 1.29 is 4.79 Å². The second-order valence-corrected chi connectivity index (χ2v) is 7.38. The Hall–Kier alpha value is -0.910. The molecular weight excluding hydrogens is 284 g/mol. The Morgan fingerprint density at radius 3 is 2.62 bits per heavy atom. The first-order valence-electron chi connectivity index (χ1n) is 7.70. The predicted molar refractivity (Wildman–Crippen MR) is 91.9 cm³/mol. The van der Waals surface area contributed by atoms with Gasteiger partial charge in [0.25, 0.3) is 0 Å². The molecule has 2 N–H and O–H groups in total. The van der Waals surface area contributed by atoms with E-state index in [0.717, 1.165) is 17.8 Å². The highest BCUT2D eigenvalue weighted by atomic mass is 32.2. The number of nitrogens with zero attached hydrogens (tertiary/aromatic N) is 2. The third kappa shape index (κ3) is 7.07. The van der Waals surface area contributed by atoms with E-state index in [0.29, 0.717) is 12.0 Å². The molecule has 21 heavy (non-hydrogen) atoms. The van der Waals surface area contributed by atoms with Crippen LogP contribution in [-0.4, -0.2) is 61.5 Å². The monoisotopic (exact) mass is 314 g/mol. The number of thioether (sulfide) groups is 1. The Morgan fingerprint density at radius 1 is 1.38 bits per heavy atom. The minimum Gasteiger partial charge on any atom is -0.356 e. The molecule has 6 heteroatoms. The van der Waals surface area contributed by atoms with Crippen molar-refractivity contribution in [3.63, 3.8) is 0 Å². The number of aliphatic imine (C=N–C) groups is 1. The van der Waals surface area contributed by atoms with E-state index in [-0.39, 0.29) is 12.5 Å². The van der Waals surface area contributed by atoms with Crippen LogP contribution in [0.15, 0.2) is 4.99 Å². The average Bonchev–Trinajstić information content (AvgIpc) is 2.88. The summed E-state index contributed by atoms with van der Waals surface area (Å²) in [5.74, 6) is 1.34. The molecule has 0 bridgehead atoms. The van der Waals surface area contributed by atoms with Crippen LogP contribution in [0, 0.1) is 5.92 Å². The molecule has 1 amide bonds. The van der Waals surface area contributed by atoms with E-state index in [1.165, 1.54) is 19.3 Å². The summed E-state index contributed by atoms with van der Waals surface area (Å²) < 4.78 is 0. The van der Waals surface area contributed by atoms with Gasteiger partial charge in [-0.3, -0.25) is 4.79 Å². The smallest absolute Gasteiger partial charge is 0.243 e. The molecule has 1 saturated carbocycles. The van der Waals surface area contributed by atoms with Crippen molar-refractivity contribution in [2.75, 3.05) is 33.4 Å². The highest BCUT2D eigenvalue weighted by molar-refractivity contribution is 7.99. The molecule has 0 radical (unpaired) electrons. The number of carbonyl (C=O) groups excluding carboxylic acids is 1. The summed E-state index contributed by atoms with van der Waals surface area (Å²) in [6.45, 7) is 5.38. The molecule has 2 unspecified atom stereocenters. The molecule has 5 nitrogen and oxygen atoms in total. The minimum absolute atomic E-state index is 0.0223. The Labute approximate surface area is 133 Å². The van der Waals surface area contributed by atoms with Gasteiger partial charge in [0.2, 0.25) is 5.91 Å². The zero-order valence-electron chi connectivity index (χ0n) is 14.0. The van der Waals surface area contributed by atoms with Gasteiger partial charge in [-0.25, -0.2) is 4.99 Å². The molecular formula is C15H30N4OS. The Morgan fingerprint density at radius 2 is 2.10 bits per heavy atom. The average molecular weight is 314 g/mol. The minimum atomic E-state index is 0.0223. The number of guanidine groups is 1. The van der Waals surface area contributed by atoms with Crippen molar-refractivity contribution in [3.8, 4) is 0 Å². The molecule has 1 fully saturated rings. The number of amides is 1. The van der Waals surface area contributed by atoms with Gasteiger partial charge in [0.1, 0.15) is 6.54 Å². The van der Waals surface area contributed by atoms with Gasteiger partial charge in [-0.1, -0.05) is 13.8 Å². The summed E-state index contributed by atoms with van der Waals surface area (Å²) in [7, 11) is 3.51. The van der Waals surface area contributed by atoms with E-state index < -0.39 is 0 Å². The van der Waals surface area contributed by atoms with E-state index in [2.05, 4.69) is 35.7 Å². The van der Waals surface area contributed by atoms with Gasteiger partial charge >= 0.3 is 0 Å². The SMILES string of the molecule is CSC1CCC(NC(=NCC(=O)N(C)C)NCC(C)C)C1. The quantitative estimate of drug-likeness (QED) is 0.577. The van der Waals surface area contributed by atoms with Crippen molar-refractivity contribution in [2.24, 2.45) is 10.9 Å². The maximum Gasteiger partial charge on any atom is 0.243 e. The van der Waals surface area contributed by atoms with Crippen molar-refractivity contribution in [3.05, 3.63) is 0 Å². The second kappa shape index (κ2) is 9.18. The topological polar surface area (TPSA) is 56.7 Å². The lowest BCUT2D eigenvalue weighted by atomic mass is 10.2. The standard InChI is InChI=1S/C15H30N4OS/c1-11(2)9-16-15(17-10-14(20)19(3)4)18-12-6-7-13(8-12)21-5/h11-13H,6-10H2,1-5H3,(H2,16,17,18). The van der Waals surface area contributed by atoms with Gasteiger partial charge < -0.3 is 15.5 Å². The van der Waals surface area contributed by atoms with Crippen LogP contribution in [0.2, 0.25) is 0 Å². The lowest BCUT2D eigenvalue weighted by Crippen LogP contribution is -2.44. The predicted octanol–water partition coefficient (Wildman–Crippen LogP) is 1.55. The molecule has 1 aliphatic rings. The highest BCUT2D eigenvalue weighted by Crippen LogP contribution is 2.27. The molecule has 0 spiro atoms. The van der Waals surface area contributed by atoms with E-state index in [1.807, 2.05) is 11.8 Å². The third-order valence-electron chi connectivity index (χ3n) is 3.61. The molecule has 0 saturated heterocycles. The Balaban J connectivity index is 2.55. The van der Waals surface area contributed by atoms with E-state index >= 15 is 0 Å². The number of rotatable bonds is 6. The van der Waals surface area contributed by atoms with Gasteiger partial charge in [0.05, 0.1) is 0 Å². The molecule has 1 rings (SSSR count). The summed E-state index contributed by atoms with van der Waals surface area (Å²) in [4.78, 5) is 17.7. The molecule has 122 valence electrons. The fourth-order valence-corrected chi connectivity index (χ4v) is 3.02. The van der Waals surface area contributed by atoms with Gasteiger partial charge in [0, 0.05) is 31.9 Å². The molecule has 0 aromatic rings. The highest BCUT2D eigenvalue weighted by Gasteiger charge is 2.24. The third-order valence-corrected chi connectivity index (χ3v) is 4.70. The van der Waals surface area contributed by atoms with Crippen LogP contribution in [0.1, 0.15) is 33.1 Å². The number of carbonyl (C=O) groups is 1. The van der Waals surface area contributed by atoms with Gasteiger partial charge in [0.15, 0.2) is 5.96 Å². The Kier molecular flexibility index (Phi) is 7.93. The van der Waals surface area contributed by atoms with Gasteiger partial charge in [-0.15, -0.1) is 0 Å². The summed E-state index contributed by atoms with van der Waals surface area (Å²) >= 11 is 1.94. The van der Waals surface area contributed by atoms with Crippen molar-refractivity contribution >= 4 is 23.6 Å². The summed E-state index contributed by atoms with van der Waals surface area (Å²) in [6, 6.07) is 0.468. The first kappa shape index (κ1) is 18.1. The van der Waals surface area contributed by atoms with E-state index in [9.17, 15) is 4.79 Å². The van der Waals surface area contributed by atoms with Crippen LogP contribution in [-0.2, 0) is 4.79 Å². The molecule has 0 aromatic carbocycles. The lowest BCUT2D eigenvalue weighted by molar-refractivity contribution is -0.127. The molecule has 1 aliphatic carbocycles. The van der Waals surface area contributed by atoms with Crippen LogP contribution >= 0.6 is 11.8 Å². The molecule has 2 atom stereocenters. The number of hydrogen-bond acceptors (Lipinski definition) is 3. The maximum atomic E-state index is 11.7. The molecule has 0 aliphatic heterocycles. The lowest BCUT2D eigenvalue weighted by Gasteiger charge is -2.19. The summed E-state index contributed by atoms with van der Waals surface area (Å²) in [5.41, 5.74) is 0. The van der Waals surface area contributed by atoms with Crippen molar-refractivity contribution in [2.45, 2.75) is 44.4 Å². The van der Waals surface area contributed by atoms with Gasteiger partial charge in [-0.2, -0.15) is 11.8 Å². The molecule has 0 heterocycles. The number of hydrogen-bond donors (Lipinski definition) is 2. The fraction of sp³-hybridized carbons (Fsp3) is 0.867. The van der Waals surface area contributed by atoms with Crippen LogP contribution in [0.4, 0.5) is 0 Å². The summed E-state index contributed by atoms with van der Waals surface area (Å²) in [5, 5.41) is 7.57. The maximum absolute atomic E-state index is 11.7. The van der Waals surface area contributed by atoms with Crippen LogP contribution in [0.25, 0.3) is 0 Å². The van der Waals surface area contributed by atoms with Crippen molar-refractivity contribution in [1.29, 1.82) is 0 Å². The zero-order valence-corrected chi connectivity index (χ0v) is 14.8. The zero-order chi connectivity index (χ0) is 15.8. The fourth-order valence-electron chi connectivity index (χ4n) is 2.22. The summed E-state index contributed by atoms with van der Waals surface area (Å²) in [6.07, 6.45) is 5.78. The van der Waals surface area contributed by atoms with Crippen LogP contribution in [0.5, 0.6) is 0 Å². The van der Waals surface area contributed by atoms with E-state index in [4.69, 9.17) is 0 Å². The number of likely N-dealkylation sites (N-methyl/N-ethyl adjacent to an activating group) is 1. The van der Waals surface area contributed by atoms with E-state index in [1.54, 1.807) is 19.0 Å². The second-order valence-electron chi connectivity index (χ2n) is 6.24. The van der Waals surface area contributed by atoms with Gasteiger partial charge in [-0.05, 0) is 31.4 Å². The van der Waals surface area contributed by atoms with Crippen LogP contribution in [0.3, 0.4) is 0 Å². The number of nitrogens with one attached hydrogen (secondary N) is 2. The normalized spacial score (nSPS) is 22.5. The van der Waals surface area contributed by atoms with Crippen LogP contribution < -0.4 is 10.6 Å².